The maximum absolute atomic E-state index is 11.3. The van der Waals surface area contributed by atoms with Crippen molar-refractivity contribution in [2.45, 2.75) is 32.4 Å². The Bertz CT molecular complexity index is 815. The van der Waals surface area contributed by atoms with E-state index in [0.29, 0.717) is 0 Å². The Morgan fingerprint density at radius 2 is 1.15 bits per heavy atom. The Kier molecular flexibility index (Phi) is 5.03. The minimum atomic E-state index is -2.59. The van der Waals surface area contributed by atoms with Gasteiger partial charge in [-0.3, -0.25) is 0 Å². The molecule has 0 radical (unpaired) electrons. The lowest BCUT2D eigenvalue weighted by Gasteiger charge is -2.35. The van der Waals surface area contributed by atoms with Crippen LogP contribution in [0.2, 0.25) is 11.6 Å². The molecule has 3 aromatic carbocycles. The van der Waals surface area contributed by atoms with Crippen molar-refractivity contribution < 1.29 is 4.80 Å². The molecule has 3 aromatic rings. The quantitative estimate of drug-likeness (QED) is 0.600. The molecule has 0 aliphatic heterocycles. The van der Waals surface area contributed by atoms with Crippen LogP contribution in [0, 0.1) is 0 Å². The van der Waals surface area contributed by atoms with Gasteiger partial charge in [-0.15, -0.1) is 0 Å². The number of rotatable bonds is 4. The molecule has 1 unspecified atom stereocenters. The summed E-state index contributed by atoms with van der Waals surface area (Å²) in [5.41, 5.74) is 3.28. The van der Waals surface area contributed by atoms with Crippen LogP contribution < -0.4 is 10.1 Å². The third-order valence-electron chi connectivity index (χ3n) is 5.16. The van der Waals surface area contributed by atoms with Crippen molar-refractivity contribution in [3.8, 4) is 0 Å². The molecule has 0 amide bonds. The van der Waals surface area contributed by atoms with E-state index in [9.17, 15) is 4.80 Å². The van der Waals surface area contributed by atoms with Crippen LogP contribution in [-0.4, -0.2) is 13.1 Å². The first kappa shape index (κ1) is 18.4. The average molecular weight is 362 g/mol. The fraction of sp³-hybridized carbons (Fsp3) is 0.217. The predicted molar refractivity (Wildman–Crippen MR) is 114 cm³/mol. The van der Waals surface area contributed by atoms with Gasteiger partial charge in [-0.25, -0.2) is 0 Å². The number of hydrogen-bond donors (Lipinski definition) is 1. The molecule has 0 bridgehead atoms. The van der Waals surface area contributed by atoms with Crippen molar-refractivity contribution in [3.63, 3.8) is 0 Å². The zero-order chi connectivity index (χ0) is 18.8. The van der Waals surface area contributed by atoms with Gasteiger partial charge >= 0.3 is 0 Å². The Hall–Kier alpha value is -2.36. The Morgan fingerprint density at radius 3 is 1.62 bits per heavy atom. The molecule has 0 saturated carbocycles. The zero-order valence-electron chi connectivity index (χ0n) is 16.0. The van der Waals surface area contributed by atoms with Crippen LogP contribution in [0.4, 0.5) is 17.1 Å². The van der Waals surface area contributed by atoms with Crippen LogP contribution >= 0.6 is 0 Å². The van der Waals surface area contributed by atoms with E-state index in [4.69, 9.17) is 0 Å². The first-order valence-electron chi connectivity index (χ1n) is 9.04. The maximum Gasteiger partial charge on any atom is 0.222 e. The lowest BCUT2D eigenvalue weighted by molar-refractivity contribution is 0.496. The number of nitrogens with zero attached hydrogens (tertiary/aromatic N) is 1. The van der Waals surface area contributed by atoms with Crippen LogP contribution in [0.25, 0.3) is 0 Å². The summed E-state index contributed by atoms with van der Waals surface area (Å²) < 4.78 is 0. The molecule has 0 aliphatic rings. The normalized spacial score (nSPS) is 13.9. The second-order valence-electron chi connectivity index (χ2n) is 7.88. The van der Waals surface area contributed by atoms with Crippen molar-refractivity contribution >= 4 is 30.6 Å². The molecule has 3 heteroatoms. The zero-order valence-corrected chi connectivity index (χ0v) is 17.0. The van der Waals surface area contributed by atoms with Crippen LogP contribution in [0.15, 0.2) is 84.9 Å². The summed E-state index contributed by atoms with van der Waals surface area (Å²) in [5, 5.41) is 0.926. The van der Waals surface area contributed by atoms with E-state index in [1.807, 2.05) is 18.7 Å². The minimum absolute atomic E-state index is 0.129. The molecular formula is C23H27NOSi. The minimum Gasteiger partial charge on any atom is -0.427 e. The van der Waals surface area contributed by atoms with Crippen molar-refractivity contribution in [1.82, 2.24) is 0 Å². The number of hydrogen-bond acceptors (Lipinski definition) is 2. The molecule has 0 heterocycles. The number of benzene rings is 3. The van der Waals surface area contributed by atoms with Gasteiger partial charge in [0.2, 0.25) is 8.32 Å². The van der Waals surface area contributed by atoms with Crippen LogP contribution in [0.3, 0.4) is 0 Å². The first-order valence-corrected chi connectivity index (χ1v) is 11.5. The largest absolute Gasteiger partial charge is 0.427 e. The van der Waals surface area contributed by atoms with E-state index in [2.05, 4.69) is 98.5 Å². The molecule has 3 rings (SSSR count). The number of anilines is 3. The summed E-state index contributed by atoms with van der Waals surface area (Å²) in [4.78, 5) is 13.5. The Balaban J connectivity index is 2.13. The molecular weight excluding hydrogens is 334 g/mol. The van der Waals surface area contributed by atoms with Gasteiger partial charge in [0.1, 0.15) is 0 Å². The van der Waals surface area contributed by atoms with Crippen molar-refractivity contribution in [1.29, 1.82) is 0 Å². The van der Waals surface area contributed by atoms with E-state index < -0.39 is 8.32 Å². The third-order valence-corrected chi connectivity index (χ3v) is 9.51. The standard InChI is InChI=1S/C23H27NOSi/c1-23(2,3)26(4,25)22-17-11-16-21(18-22)24(19-12-7-5-8-13-19)20-14-9-6-10-15-20/h5-18,25H,1-4H3. The van der Waals surface area contributed by atoms with Crippen LogP contribution in [0.1, 0.15) is 20.8 Å². The topological polar surface area (TPSA) is 23.5 Å². The Labute approximate surface area is 157 Å². The summed E-state index contributed by atoms with van der Waals surface area (Å²) in [7, 11) is -2.59. The van der Waals surface area contributed by atoms with Gasteiger partial charge in [0.05, 0.1) is 0 Å². The van der Waals surface area contributed by atoms with Crippen LogP contribution in [0.5, 0.6) is 0 Å². The highest BCUT2D eigenvalue weighted by Gasteiger charge is 2.40. The smallest absolute Gasteiger partial charge is 0.222 e. The molecule has 1 N–H and O–H groups in total. The van der Waals surface area contributed by atoms with Gasteiger partial charge in [-0.2, -0.15) is 0 Å². The fourth-order valence-corrected chi connectivity index (χ4v) is 4.70. The first-order chi connectivity index (χ1) is 12.3. The monoisotopic (exact) mass is 361 g/mol. The second kappa shape index (κ2) is 7.10. The van der Waals surface area contributed by atoms with Gasteiger partial charge in [0.25, 0.3) is 0 Å². The molecule has 0 spiro atoms. The second-order valence-corrected chi connectivity index (χ2v) is 12.1. The summed E-state index contributed by atoms with van der Waals surface area (Å²) in [6.45, 7) is 8.40. The molecule has 134 valence electrons. The highest BCUT2D eigenvalue weighted by Crippen LogP contribution is 2.36. The lowest BCUT2D eigenvalue weighted by atomic mass is 10.2. The number of para-hydroxylation sites is 2. The fourth-order valence-electron chi connectivity index (χ4n) is 2.98. The highest BCUT2D eigenvalue weighted by atomic mass is 28.4. The predicted octanol–water partition coefficient (Wildman–Crippen LogP) is 5.73. The van der Waals surface area contributed by atoms with Crippen molar-refractivity contribution in [2.24, 2.45) is 0 Å². The van der Waals surface area contributed by atoms with E-state index in [1.165, 1.54) is 0 Å². The molecule has 0 fully saturated rings. The molecule has 2 nitrogen and oxygen atoms in total. The third kappa shape index (κ3) is 3.59. The van der Waals surface area contributed by atoms with Gasteiger partial charge in [0, 0.05) is 17.1 Å². The molecule has 0 aromatic heterocycles. The molecule has 0 saturated heterocycles. The van der Waals surface area contributed by atoms with Gasteiger partial charge in [-0.05, 0) is 53.2 Å². The van der Waals surface area contributed by atoms with Crippen molar-refractivity contribution in [2.75, 3.05) is 4.90 Å². The Morgan fingerprint density at radius 1 is 0.692 bits per heavy atom. The van der Waals surface area contributed by atoms with E-state index in [0.717, 1.165) is 22.2 Å². The lowest BCUT2D eigenvalue weighted by Crippen LogP contribution is -2.52. The van der Waals surface area contributed by atoms with Crippen molar-refractivity contribution in [3.05, 3.63) is 84.9 Å². The average Bonchev–Trinajstić information content (AvgIpc) is 2.63. The summed E-state index contributed by atoms with van der Waals surface area (Å²) >= 11 is 0. The van der Waals surface area contributed by atoms with Gasteiger partial charge in [0.15, 0.2) is 0 Å². The van der Waals surface area contributed by atoms with E-state index in [1.54, 1.807) is 0 Å². The van der Waals surface area contributed by atoms with Crippen LogP contribution in [-0.2, 0) is 0 Å². The van der Waals surface area contributed by atoms with E-state index in [-0.39, 0.29) is 5.04 Å². The molecule has 0 aliphatic carbocycles. The van der Waals surface area contributed by atoms with Gasteiger partial charge in [-0.1, -0.05) is 69.3 Å². The summed E-state index contributed by atoms with van der Waals surface area (Å²) in [5.74, 6) is 0. The SMILES string of the molecule is CC(C)(C)[Si](C)(O)c1cccc(N(c2ccccc2)c2ccccc2)c1. The summed E-state index contributed by atoms with van der Waals surface area (Å²) in [6, 6.07) is 29.1. The molecule has 26 heavy (non-hydrogen) atoms. The highest BCUT2D eigenvalue weighted by molar-refractivity contribution is 6.86. The maximum atomic E-state index is 11.3. The summed E-state index contributed by atoms with van der Waals surface area (Å²) in [6.07, 6.45) is 0. The molecule has 1 atom stereocenters. The van der Waals surface area contributed by atoms with Gasteiger partial charge < -0.3 is 9.70 Å². The van der Waals surface area contributed by atoms with E-state index >= 15 is 0 Å².